The van der Waals surface area contributed by atoms with Gasteiger partial charge in [-0.05, 0) is 26.7 Å². The number of thioether (sulfide) groups is 1. The van der Waals surface area contributed by atoms with Gasteiger partial charge in [0.2, 0.25) is 5.91 Å². The fourth-order valence-electron chi connectivity index (χ4n) is 3.49. The molecule has 0 saturated carbocycles. The van der Waals surface area contributed by atoms with Gasteiger partial charge >= 0.3 is 0 Å². The Bertz CT molecular complexity index is 568. The smallest absolute Gasteiger partial charge is 0.232 e. The summed E-state index contributed by atoms with van der Waals surface area (Å²) in [4.78, 5) is 25.4. The van der Waals surface area contributed by atoms with Crippen LogP contribution in [0.5, 0.6) is 0 Å². The van der Waals surface area contributed by atoms with Crippen molar-refractivity contribution in [3.05, 3.63) is 12.4 Å². The van der Waals surface area contributed by atoms with Gasteiger partial charge in [0.25, 0.3) is 0 Å². The van der Waals surface area contributed by atoms with Gasteiger partial charge in [0.05, 0.1) is 18.0 Å². The van der Waals surface area contributed by atoms with E-state index in [-0.39, 0.29) is 18.1 Å². The van der Waals surface area contributed by atoms with Crippen LogP contribution in [0.1, 0.15) is 39.5 Å². The molecular formula is C18H28N4O2S. The maximum atomic E-state index is 12.4. The molecule has 25 heavy (non-hydrogen) atoms. The number of rotatable bonds is 4. The summed E-state index contributed by atoms with van der Waals surface area (Å²) in [5.74, 6) is 1.59. The van der Waals surface area contributed by atoms with E-state index in [1.807, 2.05) is 11.0 Å². The van der Waals surface area contributed by atoms with Crippen LogP contribution >= 0.6 is 11.8 Å². The number of nitrogens with zero attached hydrogens (tertiary/aromatic N) is 4. The summed E-state index contributed by atoms with van der Waals surface area (Å²) in [6.45, 7) is 7.63. The largest absolute Gasteiger partial charge is 0.372 e. The number of ether oxygens (including phenoxy) is 1. The molecule has 3 heterocycles. The van der Waals surface area contributed by atoms with Crippen LogP contribution in [0.2, 0.25) is 0 Å². The molecule has 3 rings (SSSR count). The third-order valence-corrected chi connectivity index (χ3v) is 5.58. The number of carbonyl (C=O) groups excluding carboxylic acids is 1. The fourth-order valence-corrected chi connectivity index (χ4v) is 4.26. The van der Waals surface area contributed by atoms with Crippen molar-refractivity contribution in [2.75, 3.05) is 36.8 Å². The summed E-state index contributed by atoms with van der Waals surface area (Å²) in [6.07, 6.45) is 6.71. The Morgan fingerprint density at radius 1 is 1.16 bits per heavy atom. The number of anilines is 1. The molecule has 1 aromatic heterocycles. The molecule has 7 heteroatoms. The van der Waals surface area contributed by atoms with Gasteiger partial charge in [-0.25, -0.2) is 9.97 Å². The SMILES string of the molecule is CC1CN(c2cc(SCC(=O)N3CCCCCC3)ncn2)CC(C)O1. The van der Waals surface area contributed by atoms with Gasteiger partial charge in [0.15, 0.2) is 0 Å². The minimum Gasteiger partial charge on any atom is -0.372 e. The lowest BCUT2D eigenvalue weighted by Crippen LogP contribution is -2.45. The molecule has 2 aliphatic heterocycles. The minimum absolute atomic E-state index is 0.194. The highest BCUT2D eigenvalue weighted by molar-refractivity contribution is 7.99. The molecule has 1 aromatic rings. The molecule has 2 unspecified atom stereocenters. The predicted molar refractivity (Wildman–Crippen MR) is 100 cm³/mol. The predicted octanol–water partition coefficient (Wildman–Crippen LogP) is 2.58. The summed E-state index contributed by atoms with van der Waals surface area (Å²) in [5, 5.41) is 0.861. The number of likely N-dealkylation sites (tertiary alicyclic amines) is 1. The summed E-state index contributed by atoms with van der Waals surface area (Å²) in [5.41, 5.74) is 0. The number of morpholine rings is 1. The highest BCUT2D eigenvalue weighted by atomic mass is 32.2. The first kappa shape index (κ1) is 18.5. The number of aromatic nitrogens is 2. The molecule has 138 valence electrons. The van der Waals surface area contributed by atoms with Crippen LogP contribution in [-0.2, 0) is 9.53 Å². The third-order valence-electron chi connectivity index (χ3n) is 4.67. The zero-order chi connectivity index (χ0) is 17.6. The van der Waals surface area contributed by atoms with E-state index in [2.05, 4.69) is 28.7 Å². The molecule has 0 N–H and O–H groups in total. The monoisotopic (exact) mass is 364 g/mol. The fraction of sp³-hybridized carbons (Fsp3) is 0.722. The second kappa shape index (κ2) is 8.85. The highest BCUT2D eigenvalue weighted by Gasteiger charge is 2.23. The lowest BCUT2D eigenvalue weighted by Gasteiger charge is -2.36. The Morgan fingerprint density at radius 3 is 2.52 bits per heavy atom. The highest BCUT2D eigenvalue weighted by Crippen LogP contribution is 2.23. The van der Waals surface area contributed by atoms with E-state index >= 15 is 0 Å². The average molecular weight is 365 g/mol. The Balaban J connectivity index is 1.57. The number of amides is 1. The average Bonchev–Trinajstić information content (AvgIpc) is 2.88. The van der Waals surface area contributed by atoms with E-state index in [4.69, 9.17) is 4.74 Å². The Kier molecular flexibility index (Phi) is 6.53. The van der Waals surface area contributed by atoms with Crippen molar-refractivity contribution in [3.8, 4) is 0 Å². The Morgan fingerprint density at radius 2 is 1.84 bits per heavy atom. The van der Waals surface area contributed by atoms with Crippen LogP contribution in [0.4, 0.5) is 5.82 Å². The molecule has 0 aliphatic carbocycles. The van der Waals surface area contributed by atoms with E-state index in [9.17, 15) is 4.79 Å². The maximum Gasteiger partial charge on any atom is 0.232 e. The lowest BCUT2D eigenvalue weighted by atomic mass is 10.2. The van der Waals surface area contributed by atoms with Crippen molar-refractivity contribution in [1.29, 1.82) is 0 Å². The first-order valence-corrected chi connectivity index (χ1v) is 10.2. The minimum atomic E-state index is 0.194. The molecule has 2 atom stereocenters. The normalized spacial score (nSPS) is 24.9. The van der Waals surface area contributed by atoms with Crippen molar-refractivity contribution in [2.45, 2.75) is 56.8 Å². The molecular weight excluding hydrogens is 336 g/mol. The first-order valence-electron chi connectivity index (χ1n) is 9.25. The molecule has 0 bridgehead atoms. The van der Waals surface area contributed by atoms with Gasteiger partial charge in [-0.3, -0.25) is 4.79 Å². The molecule has 6 nitrogen and oxygen atoms in total. The van der Waals surface area contributed by atoms with E-state index in [1.165, 1.54) is 24.6 Å². The van der Waals surface area contributed by atoms with Crippen LogP contribution < -0.4 is 4.90 Å². The maximum absolute atomic E-state index is 12.4. The molecule has 0 spiro atoms. The number of carbonyl (C=O) groups is 1. The van der Waals surface area contributed by atoms with Crippen molar-refractivity contribution in [3.63, 3.8) is 0 Å². The second-order valence-electron chi connectivity index (χ2n) is 6.96. The van der Waals surface area contributed by atoms with Gasteiger partial charge in [0, 0.05) is 32.2 Å². The number of hydrogen-bond donors (Lipinski definition) is 0. The Hall–Kier alpha value is -1.34. The van der Waals surface area contributed by atoms with E-state index in [1.54, 1.807) is 6.33 Å². The summed E-state index contributed by atoms with van der Waals surface area (Å²) in [6, 6.07) is 1.99. The zero-order valence-electron chi connectivity index (χ0n) is 15.2. The van der Waals surface area contributed by atoms with Crippen molar-refractivity contribution >= 4 is 23.5 Å². The molecule has 2 saturated heterocycles. The van der Waals surface area contributed by atoms with Crippen LogP contribution in [0, 0.1) is 0 Å². The molecule has 1 amide bonds. The standard InChI is InChI=1S/C18H28N4O2S/c1-14-10-22(11-15(2)24-14)16-9-17(20-13-19-16)25-12-18(23)21-7-5-3-4-6-8-21/h9,13-15H,3-8,10-12H2,1-2H3. The zero-order valence-corrected chi connectivity index (χ0v) is 16.0. The van der Waals surface area contributed by atoms with E-state index in [0.29, 0.717) is 5.75 Å². The quantitative estimate of drug-likeness (QED) is 0.605. The van der Waals surface area contributed by atoms with Gasteiger partial charge in [-0.2, -0.15) is 0 Å². The summed E-state index contributed by atoms with van der Waals surface area (Å²) >= 11 is 1.51. The second-order valence-corrected chi connectivity index (χ2v) is 7.96. The van der Waals surface area contributed by atoms with Gasteiger partial charge in [-0.1, -0.05) is 24.6 Å². The lowest BCUT2D eigenvalue weighted by molar-refractivity contribution is -0.128. The topological polar surface area (TPSA) is 58.6 Å². The van der Waals surface area contributed by atoms with Crippen LogP contribution in [0.15, 0.2) is 17.4 Å². The number of hydrogen-bond acceptors (Lipinski definition) is 6. The van der Waals surface area contributed by atoms with Gasteiger partial charge in [0.1, 0.15) is 17.2 Å². The summed E-state index contributed by atoms with van der Waals surface area (Å²) < 4.78 is 5.78. The van der Waals surface area contributed by atoms with E-state index in [0.717, 1.165) is 49.9 Å². The van der Waals surface area contributed by atoms with E-state index < -0.39 is 0 Å². The first-order chi connectivity index (χ1) is 12.1. The van der Waals surface area contributed by atoms with Crippen LogP contribution in [0.3, 0.4) is 0 Å². The summed E-state index contributed by atoms with van der Waals surface area (Å²) in [7, 11) is 0. The van der Waals surface area contributed by atoms with Gasteiger partial charge in [-0.15, -0.1) is 0 Å². The van der Waals surface area contributed by atoms with Crippen molar-refractivity contribution < 1.29 is 9.53 Å². The van der Waals surface area contributed by atoms with Crippen molar-refractivity contribution in [2.24, 2.45) is 0 Å². The van der Waals surface area contributed by atoms with Gasteiger partial charge < -0.3 is 14.5 Å². The van der Waals surface area contributed by atoms with Crippen LogP contribution in [0.25, 0.3) is 0 Å². The molecule has 2 fully saturated rings. The third kappa shape index (κ3) is 5.31. The van der Waals surface area contributed by atoms with Crippen molar-refractivity contribution in [1.82, 2.24) is 14.9 Å². The molecule has 2 aliphatic rings. The van der Waals surface area contributed by atoms with Crippen LogP contribution in [-0.4, -0.2) is 64.9 Å². The molecule has 0 radical (unpaired) electrons. The molecule has 0 aromatic carbocycles. The Labute approximate surface area is 154 Å².